The van der Waals surface area contributed by atoms with E-state index in [4.69, 9.17) is 10.5 Å². The first-order chi connectivity index (χ1) is 9.16. The Bertz CT molecular complexity index is 511. The molecule has 0 spiro atoms. The van der Waals surface area contributed by atoms with Gasteiger partial charge < -0.3 is 15.6 Å². The maximum Gasteiger partial charge on any atom is 0.120 e. The average Bonchev–Trinajstić information content (AvgIpc) is 2.45. The lowest BCUT2D eigenvalue weighted by Gasteiger charge is -2.16. The van der Waals surface area contributed by atoms with Gasteiger partial charge in [-0.3, -0.25) is 0 Å². The zero-order valence-corrected chi connectivity index (χ0v) is 11.0. The smallest absolute Gasteiger partial charge is 0.120 e. The van der Waals surface area contributed by atoms with E-state index in [0.29, 0.717) is 6.61 Å². The Balaban J connectivity index is 2.03. The summed E-state index contributed by atoms with van der Waals surface area (Å²) >= 11 is 0. The number of benzene rings is 2. The molecule has 0 aliphatic heterocycles. The van der Waals surface area contributed by atoms with Crippen molar-refractivity contribution in [3.8, 4) is 5.75 Å². The maximum absolute atomic E-state index is 9.93. The van der Waals surface area contributed by atoms with Gasteiger partial charge in [0.15, 0.2) is 0 Å². The van der Waals surface area contributed by atoms with Crippen LogP contribution in [-0.2, 0) is 6.61 Å². The van der Waals surface area contributed by atoms with Crippen LogP contribution >= 0.6 is 0 Å². The molecule has 2 atom stereocenters. The van der Waals surface area contributed by atoms with Crippen LogP contribution < -0.4 is 10.5 Å². The molecule has 3 N–H and O–H groups in total. The van der Waals surface area contributed by atoms with E-state index < -0.39 is 6.10 Å². The number of rotatable bonds is 5. The third-order valence-corrected chi connectivity index (χ3v) is 2.95. The van der Waals surface area contributed by atoms with E-state index in [2.05, 4.69) is 0 Å². The molecule has 0 amide bonds. The molecule has 0 aromatic heterocycles. The monoisotopic (exact) mass is 257 g/mol. The van der Waals surface area contributed by atoms with Gasteiger partial charge in [0, 0.05) is 6.04 Å². The third kappa shape index (κ3) is 3.81. The largest absolute Gasteiger partial charge is 0.489 e. The highest BCUT2D eigenvalue weighted by molar-refractivity contribution is 5.30. The molecule has 0 radical (unpaired) electrons. The van der Waals surface area contributed by atoms with Gasteiger partial charge in [-0.15, -0.1) is 0 Å². The zero-order valence-electron chi connectivity index (χ0n) is 11.0. The first kappa shape index (κ1) is 13.6. The molecule has 0 unspecified atom stereocenters. The van der Waals surface area contributed by atoms with Gasteiger partial charge >= 0.3 is 0 Å². The van der Waals surface area contributed by atoms with E-state index in [-0.39, 0.29) is 6.04 Å². The maximum atomic E-state index is 9.93. The van der Waals surface area contributed by atoms with E-state index in [1.54, 1.807) is 6.92 Å². The molecule has 3 nitrogen and oxygen atoms in total. The normalized spacial score (nSPS) is 13.8. The van der Waals surface area contributed by atoms with Crippen molar-refractivity contribution >= 4 is 0 Å². The Kier molecular flexibility index (Phi) is 4.55. The van der Waals surface area contributed by atoms with Crippen LogP contribution in [0.3, 0.4) is 0 Å². The second-order valence-corrected chi connectivity index (χ2v) is 4.65. The summed E-state index contributed by atoms with van der Waals surface area (Å²) in [5.74, 6) is 0.737. The van der Waals surface area contributed by atoms with Gasteiger partial charge in [-0.05, 0) is 30.2 Å². The van der Waals surface area contributed by atoms with Gasteiger partial charge in [0.25, 0.3) is 0 Å². The first-order valence-electron chi connectivity index (χ1n) is 6.37. The van der Waals surface area contributed by atoms with Crippen LogP contribution in [0.5, 0.6) is 5.75 Å². The molecule has 0 saturated heterocycles. The predicted molar refractivity (Wildman–Crippen MR) is 75.8 cm³/mol. The first-order valence-corrected chi connectivity index (χ1v) is 6.37. The summed E-state index contributed by atoms with van der Waals surface area (Å²) in [6.07, 6.45) is -0.666. The molecule has 0 aliphatic carbocycles. The Morgan fingerprint density at radius 1 is 1.11 bits per heavy atom. The fraction of sp³-hybridized carbons (Fsp3) is 0.250. The van der Waals surface area contributed by atoms with Crippen LogP contribution in [0.15, 0.2) is 54.6 Å². The molecule has 0 bridgehead atoms. The summed E-state index contributed by atoms with van der Waals surface area (Å²) in [7, 11) is 0. The Morgan fingerprint density at radius 3 is 2.53 bits per heavy atom. The molecule has 0 heterocycles. The summed E-state index contributed by atoms with van der Waals surface area (Å²) in [6.45, 7) is 2.29. The van der Waals surface area contributed by atoms with Crippen LogP contribution in [0, 0.1) is 0 Å². The minimum atomic E-state index is -0.666. The second kappa shape index (κ2) is 6.36. The summed E-state index contributed by atoms with van der Waals surface area (Å²) in [4.78, 5) is 0. The van der Waals surface area contributed by atoms with Crippen LogP contribution in [0.1, 0.15) is 24.2 Å². The molecule has 3 heteroatoms. The average molecular weight is 257 g/mol. The van der Waals surface area contributed by atoms with Crippen LogP contribution in [0.2, 0.25) is 0 Å². The highest BCUT2D eigenvalue weighted by atomic mass is 16.5. The number of hydrogen-bond donors (Lipinski definition) is 2. The molecule has 0 aliphatic rings. The van der Waals surface area contributed by atoms with Crippen molar-refractivity contribution in [2.45, 2.75) is 25.7 Å². The molecule has 19 heavy (non-hydrogen) atoms. The molecule has 100 valence electrons. The lowest BCUT2D eigenvalue weighted by Crippen LogP contribution is -2.24. The lowest BCUT2D eigenvalue weighted by atomic mass is 10.0. The van der Waals surface area contributed by atoms with Crippen molar-refractivity contribution < 1.29 is 9.84 Å². The number of nitrogens with two attached hydrogens (primary N) is 1. The van der Waals surface area contributed by atoms with Crippen molar-refractivity contribution in [3.05, 3.63) is 65.7 Å². The van der Waals surface area contributed by atoms with Crippen LogP contribution in [0.4, 0.5) is 0 Å². The van der Waals surface area contributed by atoms with E-state index in [9.17, 15) is 5.11 Å². The van der Waals surface area contributed by atoms with Crippen molar-refractivity contribution in [2.24, 2.45) is 5.73 Å². The van der Waals surface area contributed by atoms with Crippen molar-refractivity contribution in [2.75, 3.05) is 0 Å². The lowest BCUT2D eigenvalue weighted by molar-refractivity contribution is 0.153. The molecule has 2 aromatic rings. The molecular weight excluding hydrogens is 238 g/mol. The fourth-order valence-electron chi connectivity index (χ4n) is 1.83. The molecule has 2 aromatic carbocycles. The minimum absolute atomic E-state index is 0.302. The van der Waals surface area contributed by atoms with Crippen molar-refractivity contribution in [1.29, 1.82) is 0 Å². The summed E-state index contributed by atoms with van der Waals surface area (Å²) in [6, 6.07) is 17.1. The van der Waals surface area contributed by atoms with E-state index >= 15 is 0 Å². The topological polar surface area (TPSA) is 55.5 Å². The van der Waals surface area contributed by atoms with Crippen LogP contribution in [0.25, 0.3) is 0 Å². The third-order valence-electron chi connectivity index (χ3n) is 2.95. The Hall–Kier alpha value is -1.84. The van der Waals surface area contributed by atoms with Gasteiger partial charge in [0.1, 0.15) is 12.4 Å². The second-order valence-electron chi connectivity index (χ2n) is 4.65. The van der Waals surface area contributed by atoms with Crippen molar-refractivity contribution in [3.63, 3.8) is 0 Å². The fourth-order valence-corrected chi connectivity index (χ4v) is 1.83. The Labute approximate surface area is 113 Å². The summed E-state index contributed by atoms with van der Waals surface area (Å²) in [5, 5.41) is 9.93. The standard InChI is InChI=1S/C16H19NO2/c1-12(17)16(18)14-8-5-9-15(10-14)19-11-13-6-3-2-4-7-13/h2-10,12,16,18H,11,17H2,1H3/t12-,16-/m1/s1. The summed E-state index contributed by atoms with van der Waals surface area (Å²) in [5.41, 5.74) is 7.58. The molecule has 2 rings (SSSR count). The van der Waals surface area contributed by atoms with Gasteiger partial charge in [-0.1, -0.05) is 42.5 Å². The number of ether oxygens (including phenoxy) is 1. The SMILES string of the molecule is C[C@@H](N)[C@@H](O)c1cccc(OCc2ccccc2)c1. The Morgan fingerprint density at radius 2 is 1.84 bits per heavy atom. The number of hydrogen-bond acceptors (Lipinski definition) is 3. The highest BCUT2D eigenvalue weighted by Crippen LogP contribution is 2.21. The molecular formula is C16H19NO2. The number of aliphatic hydroxyl groups excluding tert-OH is 1. The van der Waals surface area contributed by atoms with Gasteiger partial charge in [-0.25, -0.2) is 0 Å². The van der Waals surface area contributed by atoms with Crippen molar-refractivity contribution in [1.82, 2.24) is 0 Å². The summed E-state index contributed by atoms with van der Waals surface area (Å²) < 4.78 is 5.71. The minimum Gasteiger partial charge on any atom is -0.489 e. The van der Waals surface area contributed by atoms with E-state index in [1.165, 1.54) is 0 Å². The van der Waals surface area contributed by atoms with Crippen LogP contribution in [-0.4, -0.2) is 11.1 Å². The van der Waals surface area contributed by atoms with Gasteiger partial charge in [0.05, 0.1) is 6.10 Å². The highest BCUT2D eigenvalue weighted by Gasteiger charge is 2.12. The van der Waals surface area contributed by atoms with E-state index in [0.717, 1.165) is 16.9 Å². The number of aliphatic hydroxyl groups is 1. The predicted octanol–water partition coefficient (Wildman–Crippen LogP) is 2.65. The van der Waals surface area contributed by atoms with E-state index in [1.807, 2.05) is 54.6 Å². The quantitative estimate of drug-likeness (QED) is 0.865. The molecule has 0 fully saturated rings. The van der Waals surface area contributed by atoms with Gasteiger partial charge in [-0.2, -0.15) is 0 Å². The molecule has 0 saturated carbocycles. The van der Waals surface area contributed by atoms with Gasteiger partial charge in [0.2, 0.25) is 0 Å². The zero-order chi connectivity index (χ0) is 13.7.